The molecule has 2 heterocycles. The maximum absolute atomic E-state index is 3.75. The highest BCUT2D eigenvalue weighted by Crippen LogP contribution is 2.29. The van der Waals surface area contributed by atoms with Crippen LogP contribution in [-0.4, -0.2) is 61.2 Å². The molecule has 0 spiro atoms. The zero-order chi connectivity index (χ0) is 11.7. The van der Waals surface area contributed by atoms with Crippen LogP contribution in [0.5, 0.6) is 0 Å². The van der Waals surface area contributed by atoms with Crippen LogP contribution < -0.4 is 5.32 Å². The van der Waals surface area contributed by atoms with E-state index in [1.165, 1.54) is 64.7 Å². The standard InChI is InChI=1S/C14H27N3/c1-16-9-6-12(7-10-16)17-11-8-15-13-4-2-3-5-14(13)17/h12-15H,2-11H2,1H3/t13-,14-/m1/s1. The molecule has 1 N–H and O–H groups in total. The normalized spacial score (nSPS) is 37.9. The van der Waals surface area contributed by atoms with Crippen LogP contribution in [0.1, 0.15) is 38.5 Å². The summed E-state index contributed by atoms with van der Waals surface area (Å²) in [6.45, 7) is 5.10. The zero-order valence-electron chi connectivity index (χ0n) is 11.2. The Kier molecular flexibility index (Phi) is 3.69. The van der Waals surface area contributed by atoms with Gasteiger partial charge in [0.1, 0.15) is 0 Å². The minimum Gasteiger partial charge on any atom is -0.311 e. The first-order valence-electron chi connectivity index (χ1n) is 7.52. The Morgan fingerprint density at radius 1 is 0.941 bits per heavy atom. The van der Waals surface area contributed by atoms with Crippen molar-refractivity contribution in [3.05, 3.63) is 0 Å². The first-order chi connectivity index (χ1) is 8.34. The van der Waals surface area contributed by atoms with Gasteiger partial charge >= 0.3 is 0 Å². The van der Waals surface area contributed by atoms with Crippen LogP contribution in [0.2, 0.25) is 0 Å². The SMILES string of the molecule is CN1CCC(N2CCN[C@@H]3CCCC[C@H]32)CC1. The van der Waals surface area contributed by atoms with Crippen LogP contribution in [-0.2, 0) is 0 Å². The van der Waals surface area contributed by atoms with E-state index >= 15 is 0 Å². The largest absolute Gasteiger partial charge is 0.311 e. The molecule has 0 radical (unpaired) electrons. The Hall–Kier alpha value is -0.120. The number of nitrogens with zero attached hydrogens (tertiary/aromatic N) is 2. The highest BCUT2D eigenvalue weighted by Gasteiger charge is 2.37. The van der Waals surface area contributed by atoms with Gasteiger partial charge in [0.2, 0.25) is 0 Å². The monoisotopic (exact) mass is 237 g/mol. The van der Waals surface area contributed by atoms with E-state index < -0.39 is 0 Å². The Morgan fingerprint density at radius 2 is 1.71 bits per heavy atom. The molecule has 3 nitrogen and oxygen atoms in total. The third kappa shape index (κ3) is 2.51. The van der Waals surface area contributed by atoms with Gasteiger partial charge < -0.3 is 10.2 Å². The number of rotatable bonds is 1. The summed E-state index contributed by atoms with van der Waals surface area (Å²) in [7, 11) is 2.26. The Bertz CT molecular complexity index is 246. The van der Waals surface area contributed by atoms with Gasteiger partial charge in [0.15, 0.2) is 0 Å². The molecule has 2 aliphatic heterocycles. The van der Waals surface area contributed by atoms with Gasteiger partial charge in [-0.1, -0.05) is 12.8 Å². The molecule has 0 aromatic carbocycles. The summed E-state index contributed by atoms with van der Waals surface area (Å²) >= 11 is 0. The van der Waals surface area contributed by atoms with Crippen LogP contribution in [0.25, 0.3) is 0 Å². The number of likely N-dealkylation sites (tertiary alicyclic amines) is 1. The molecule has 1 aliphatic carbocycles. The lowest BCUT2D eigenvalue weighted by Crippen LogP contribution is -2.62. The summed E-state index contributed by atoms with van der Waals surface area (Å²) in [6, 6.07) is 2.53. The molecule has 3 aliphatic rings. The highest BCUT2D eigenvalue weighted by atomic mass is 15.3. The van der Waals surface area contributed by atoms with Crippen LogP contribution in [0.4, 0.5) is 0 Å². The van der Waals surface area contributed by atoms with Crippen molar-refractivity contribution < 1.29 is 0 Å². The third-order valence-corrected chi connectivity index (χ3v) is 5.09. The predicted octanol–water partition coefficient (Wildman–Crippen LogP) is 1.30. The Morgan fingerprint density at radius 3 is 2.53 bits per heavy atom. The number of hydrogen-bond donors (Lipinski definition) is 1. The Labute approximate surface area is 106 Å². The molecule has 0 unspecified atom stereocenters. The van der Waals surface area contributed by atoms with Gasteiger partial charge in [0.05, 0.1) is 0 Å². The molecule has 3 rings (SSSR count). The zero-order valence-corrected chi connectivity index (χ0v) is 11.2. The van der Waals surface area contributed by atoms with E-state index in [0.717, 1.165) is 18.1 Å². The van der Waals surface area contributed by atoms with Crippen molar-refractivity contribution in [2.45, 2.75) is 56.7 Å². The summed E-state index contributed by atoms with van der Waals surface area (Å²) in [5, 5.41) is 3.75. The quantitative estimate of drug-likeness (QED) is 0.741. The van der Waals surface area contributed by atoms with E-state index in [0.29, 0.717) is 0 Å². The summed E-state index contributed by atoms with van der Waals surface area (Å²) < 4.78 is 0. The molecule has 98 valence electrons. The van der Waals surface area contributed by atoms with Gasteiger partial charge in [-0.15, -0.1) is 0 Å². The van der Waals surface area contributed by atoms with Crippen molar-refractivity contribution in [2.75, 3.05) is 33.2 Å². The Balaban J connectivity index is 1.64. The van der Waals surface area contributed by atoms with Crippen molar-refractivity contribution >= 4 is 0 Å². The highest BCUT2D eigenvalue weighted by molar-refractivity contribution is 4.95. The summed E-state index contributed by atoms with van der Waals surface area (Å²) in [4.78, 5) is 5.35. The van der Waals surface area contributed by atoms with Gasteiger partial charge in [-0.05, 0) is 45.8 Å². The number of hydrogen-bond acceptors (Lipinski definition) is 3. The van der Waals surface area contributed by atoms with E-state index in [1.54, 1.807) is 0 Å². The summed E-state index contributed by atoms with van der Waals surface area (Å²) in [5.41, 5.74) is 0. The van der Waals surface area contributed by atoms with Crippen molar-refractivity contribution in [2.24, 2.45) is 0 Å². The number of piperazine rings is 1. The number of fused-ring (bicyclic) bond motifs is 1. The molecule has 0 amide bonds. The van der Waals surface area contributed by atoms with Crippen molar-refractivity contribution in [1.82, 2.24) is 15.1 Å². The van der Waals surface area contributed by atoms with E-state index in [4.69, 9.17) is 0 Å². The smallest absolute Gasteiger partial charge is 0.0252 e. The third-order valence-electron chi connectivity index (χ3n) is 5.09. The summed E-state index contributed by atoms with van der Waals surface area (Å²) in [6.07, 6.45) is 8.51. The predicted molar refractivity (Wildman–Crippen MR) is 71.3 cm³/mol. The molecule has 2 saturated heterocycles. The minimum absolute atomic E-state index is 0.803. The van der Waals surface area contributed by atoms with Crippen molar-refractivity contribution in [3.8, 4) is 0 Å². The van der Waals surface area contributed by atoms with Gasteiger partial charge in [-0.2, -0.15) is 0 Å². The van der Waals surface area contributed by atoms with Crippen molar-refractivity contribution in [3.63, 3.8) is 0 Å². The molecule has 1 saturated carbocycles. The van der Waals surface area contributed by atoms with E-state index in [-0.39, 0.29) is 0 Å². The van der Waals surface area contributed by atoms with Gasteiger partial charge in [0.25, 0.3) is 0 Å². The van der Waals surface area contributed by atoms with Crippen molar-refractivity contribution in [1.29, 1.82) is 0 Å². The maximum atomic E-state index is 3.75. The first-order valence-corrected chi connectivity index (χ1v) is 7.52. The van der Waals surface area contributed by atoms with E-state index in [1.807, 2.05) is 0 Å². The maximum Gasteiger partial charge on any atom is 0.0252 e. The average molecular weight is 237 g/mol. The fraction of sp³-hybridized carbons (Fsp3) is 1.00. The first kappa shape index (κ1) is 11.9. The molecule has 3 fully saturated rings. The minimum atomic E-state index is 0.803. The van der Waals surface area contributed by atoms with Crippen LogP contribution in [0.15, 0.2) is 0 Å². The fourth-order valence-electron chi connectivity index (χ4n) is 4.07. The van der Waals surface area contributed by atoms with Crippen LogP contribution in [0.3, 0.4) is 0 Å². The molecule has 2 atom stereocenters. The van der Waals surface area contributed by atoms with Gasteiger partial charge in [-0.3, -0.25) is 4.90 Å². The molecular weight excluding hydrogens is 210 g/mol. The fourth-order valence-corrected chi connectivity index (χ4v) is 4.07. The van der Waals surface area contributed by atoms with E-state index in [2.05, 4.69) is 22.2 Å². The molecule has 0 aromatic rings. The molecule has 17 heavy (non-hydrogen) atoms. The lowest BCUT2D eigenvalue weighted by molar-refractivity contribution is 0.0239. The number of nitrogens with one attached hydrogen (secondary N) is 1. The second kappa shape index (κ2) is 5.25. The molecule has 3 heteroatoms. The van der Waals surface area contributed by atoms with Crippen LogP contribution in [0, 0.1) is 0 Å². The molecular formula is C14H27N3. The lowest BCUT2D eigenvalue weighted by Gasteiger charge is -2.49. The van der Waals surface area contributed by atoms with E-state index in [9.17, 15) is 0 Å². The van der Waals surface area contributed by atoms with Gasteiger partial charge in [0, 0.05) is 31.2 Å². The second-order valence-electron chi connectivity index (χ2n) is 6.18. The molecule has 0 bridgehead atoms. The van der Waals surface area contributed by atoms with Gasteiger partial charge in [-0.25, -0.2) is 0 Å². The summed E-state index contributed by atoms with van der Waals surface area (Å²) in [5.74, 6) is 0. The van der Waals surface area contributed by atoms with Crippen LogP contribution >= 0.6 is 0 Å². The second-order valence-corrected chi connectivity index (χ2v) is 6.18. The lowest BCUT2D eigenvalue weighted by atomic mass is 9.85. The molecule has 0 aromatic heterocycles. The topological polar surface area (TPSA) is 18.5 Å². The number of piperidine rings is 1. The average Bonchev–Trinajstić information content (AvgIpc) is 2.39.